The Hall–Kier alpha value is -3.63. The summed E-state index contributed by atoms with van der Waals surface area (Å²) in [7, 11) is 0. The van der Waals surface area contributed by atoms with Gasteiger partial charge in [0.1, 0.15) is 24.2 Å². The molecule has 196 valence electrons. The molecule has 1 aromatic rings. The largest absolute Gasteiger partial charge is 0.370 e. The molecule has 0 radical (unpaired) electrons. The van der Waals surface area contributed by atoms with Crippen LogP contribution in [0.3, 0.4) is 0 Å². The fourth-order valence-corrected chi connectivity index (χ4v) is 4.66. The van der Waals surface area contributed by atoms with Gasteiger partial charge in [0.15, 0.2) is 5.96 Å². The van der Waals surface area contributed by atoms with Gasteiger partial charge in [0.2, 0.25) is 23.6 Å². The average molecular weight is 500 g/mol. The van der Waals surface area contributed by atoms with Crippen LogP contribution in [-0.4, -0.2) is 71.7 Å². The van der Waals surface area contributed by atoms with Gasteiger partial charge in [-0.05, 0) is 44.1 Å². The van der Waals surface area contributed by atoms with Gasteiger partial charge in [-0.2, -0.15) is 0 Å². The Morgan fingerprint density at radius 2 is 1.61 bits per heavy atom. The molecule has 1 aromatic carbocycles. The number of carbonyl (C=O) groups is 4. The zero-order valence-electron chi connectivity index (χ0n) is 20.7. The molecule has 11 heteroatoms. The first-order valence-electron chi connectivity index (χ1n) is 12.6. The fourth-order valence-electron chi connectivity index (χ4n) is 4.66. The predicted octanol–water partition coefficient (Wildman–Crippen LogP) is -0.458. The summed E-state index contributed by atoms with van der Waals surface area (Å²) in [4.78, 5) is 58.9. The molecule has 4 amide bonds. The van der Waals surface area contributed by atoms with Gasteiger partial charge in [0.25, 0.3) is 0 Å². The highest BCUT2D eigenvalue weighted by molar-refractivity contribution is 5.97. The Morgan fingerprint density at radius 1 is 0.944 bits per heavy atom. The number of benzene rings is 1. The van der Waals surface area contributed by atoms with E-state index in [-0.39, 0.29) is 30.6 Å². The third kappa shape index (κ3) is 7.19. The number of nitrogens with two attached hydrogens (primary N) is 2. The van der Waals surface area contributed by atoms with E-state index in [1.165, 1.54) is 0 Å². The molecule has 0 aromatic heterocycles. The molecule has 2 aliphatic rings. The highest BCUT2D eigenvalue weighted by Gasteiger charge is 2.39. The molecular formula is C25H37N7O4. The van der Waals surface area contributed by atoms with Crippen molar-refractivity contribution in [2.45, 2.75) is 76.0 Å². The maximum Gasteiger partial charge on any atom is 0.246 e. The van der Waals surface area contributed by atoms with Crippen molar-refractivity contribution in [1.29, 1.82) is 0 Å². The van der Waals surface area contributed by atoms with Crippen LogP contribution >= 0.6 is 0 Å². The van der Waals surface area contributed by atoms with Crippen molar-refractivity contribution in [3.8, 4) is 0 Å². The molecule has 0 spiro atoms. The van der Waals surface area contributed by atoms with E-state index in [9.17, 15) is 19.2 Å². The lowest BCUT2D eigenvalue weighted by Crippen LogP contribution is -2.63. The number of amides is 4. The van der Waals surface area contributed by atoms with Gasteiger partial charge in [0, 0.05) is 19.5 Å². The Kier molecular flexibility index (Phi) is 9.66. The molecule has 4 atom stereocenters. The van der Waals surface area contributed by atoms with Crippen molar-refractivity contribution in [3.63, 3.8) is 0 Å². The number of nitrogens with zero attached hydrogens (tertiary/aromatic N) is 2. The summed E-state index contributed by atoms with van der Waals surface area (Å²) in [6.07, 6.45) is 3.39. The standard InChI is InChI=1S/C25H37N7O4/c1-2-17-21(33)31-19(15-16-9-4-3-5-10-16)24(36)32-14-7-6-12-20(32)23(35)30-18(22(34)29-17)11-8-13-28-25(26)27/h3-5,9-10,17-20H,2,6-8,11-15H2,1H3,(H,29,34)(H,30,35)(H,31,33)(H4,26,27,28)/t17-,18-,19+,20+/m0/s1. The van der Waals surface area contributed by atoms with Crippen LogP contribution in [0.4, 0.5) is 0 Å². The molecule has 3 rings (SSSR count). The highest BCUT2D eigenvalue weighted by Crippen LogP contribution is 2.20. The lowest BCUT2D eigenvalue weighted by Gasteiger charge is -2.38. The van der Waals surface area contributed by atoms with E-state index < -0.39 is 36.0 Å². The van der Waals surface area contributed by atoms with E-state index in [4.69, 9.17) is 11.5 Å². The van der Waals surface area contributed by atoms with Crippen LogP contribution in [0, 0.1) is 0 Å². The summed E-state index contributed by atoms with van der Waals surface area (Å²) >= 11 is 0. The Labute approximate surface area is 211 Å². The maximum absolute atomic E-state index is 13.7. The molecule has 7 N–H and O–H groups in total. The van der Waals surface area contributed by atoms with Gasteiger partial charge >= 0.3 is 0 Å². The SMILES string of the molecule is CC[C@@H]1NC(=O)[C@H](CCCN=C(N)N)NC(=O)[C@H]2CCCCN2C(=O)[C@@H](Cc2ccccc2)NC1=O. The zero-order chi connectivity index (χ0) is 26.1. The van der Waals surface area contributed by atoms with Crippen LogP contribution < -0.4 is 27.4 Å². The first-order chi connectivity index (χ1) is 17.3. The van der Waals surface area contributed by atoms with E-state index in [0.29, 0.717) is 32.4 Å². The van der Waals surface area contributed by atoms with E-state index in [2.05, 4.69) is 20.9 Å². The lowest BCUT2D eigenvalue weighted by molar-refractivity contribution is -0.146. The molecule has 0 saturated carbocycles. The molecule has 0 unspecified atom stereocenters. The van der Waals surface area contributed by atoms with Crippen LogP contribution in [0.5, 0.6) is 0 Å². The van der Waals surface area contributed by atoms with Gasteiger partial charge < -0.3 is 32.3 Å². The average Bonchev–Trinajstić information content (AvgIpc) is 2.87. The summed E-state index contributed by atoms with van der Waals surface area (Å²) in [5.41, 5.74) is 11.6. The van der Waals surface area contributed by atoms with E-state index in [1.54, 1.807) is 11.8 Å². The predicted molar refractivity (Wildman–Crippen MR) is 135 cm³/mol. The molecule has 11 nitrogen and oxygen atoms in total. The third-order valence-electron chi connectivity index (χ3n) is 6.61. The van der Waals surface area contributed by atoms with Crippen LogP contribution in [0.2, 0.25) is 0 Å². The summed E-state index contributed by atoms with van der Waals surface area (Å²) in [5.74, 6) is -1.60. The first kappa shape index (κ1) is 27.0. The molecular weight excluding hydrogens is 462 g/mol. The Morgan fingerprint density at radius 3 is 2.31 bits per heavy atom. The van der Waals surface area contributed by atoms with Crippen molar-refractivity contribution in [2.75, 3.05) is 13.1 Å². The van der Waals surface area contributed by atoms with Gasteiger partial charge in [-0.25, -0.2) is 0 Å². The molecule has 2 fully saturated rings. The monoisotopic (exact) mass is 499 g/mol. The van der Waals surface area contributed by atoms with Gasteiger partial charge in [0.05, 0.1) is 0 Å². The number of nitrogens with one attached hydrogen (secondary N) is 3. The topological polar surface area (TPSA) is 172 Å². The smallest absolute Gasteiger partial charge is 0.246 e. The molecule has 0 bridgehead atoms. The Bertz CT molecular complexity index is 964. The minimum atomic E-state index is -0.882. The number of guanidine groups is 1. The number of hydrogen-bond donors (Lipinski definition) is 5. The van der Waals surface area contributed by atoms with Crippen LogP contribution in [0.1, 0.15) is 51.0 Å². The number of piperidine rings is 1. The summed E-state index contributed by atoms with van der Waals surface area (Å²) in [5, 5.41) is 8.44. The second-order valence-corrected chi connectivity index (χ2v) is 9.27. The number of aliphatic imine (C=N–C) groups is 1. The van der Waals surface area contributed by atoms with Crippen molar-refractivity contribution in [2.24, 2.45) is 16.5 Å². The number of hydrogen-bond acceptors (Lipinski definition) is 5. The second-order valence-electron chi connectivity index (χ2n) is 9.27. The van der Waals surface area contributed by atoms with Crippen LogP contribution in [-0.2, 0) is 25.6 Å². The summed E-state index contributed by atoms with van der Waals surface area (Å²) in [6, 6.07) is 6.11. The Balaban J connectivity index is 1.89. The molecule has 0 aliphatic carbocycles. The minimum absolute atomic E-state index is 0.0497. The molecule has 2 aliphatic heterocycles. The lowest BCUT2D eigenvalue weighted by atomic mass is 9.97. The summed E-state index contributed by atoms with van der Waals surface area (Å²) < 4.78 is 0. The minimum Gasteiger partial charge on any atom is -0.370 e. The highest BCUT2D eigenvalue weighted by atomic mass is 16.2. The first-order valence-corrected chi connectivity index (χ1v) is 12.6. The number of carbonyl (C=O) groups excluding carboxylic acids is 4. The van der Waals surface area contributed by atoms with E-state index in [0.717, 1.165) is 18.4 Å². The van der Waals surface area contributed by atoms with Gasteiger partial charge in [-0.3, -0.25) is 24.2 Å². The quantitative estimate of drug-likeness (QED) is 0.193. The van der Waals surface area contributed by atoms with Gasteiger partial charge in [-0.15, -0.1) is 0 Å². The number of fused-ring (bicyclic) bond motifs is 1. The zero-order valence-corrected chi connectivity index (χ0v) is 20.7. The van der Waals surface area contributed by atoms with E-state index in [1.807, 2.05) is 30.3 Å². The van der Waals surface area contributed by atoms with Crippen LogP contribution in [0.15, 0.2) is 35.3 Å². The summed E-state index contributed by atoms with van der Waals surface area (Å²) in [6.45, 7) is 2.49. The van der Waals surface area contributed by atoms with E-state index >= 15 is 0 Å². The van der Waals surface area contributed by atoms with Crippen molar-refractivity contribution < 1.29 is 19.2 Å². The van der Waals surface area contributed by atoms with Crippen molar-refractivity contribution in [1.82, 2.24) is 20.9 Å². The normalized spacial score (nSPS) is 25.4. The second kappa shape index (κ2) is 12.9. The third-order valence-corrected chi connectivity index (χ3v) is 6.61. The molecule has 2 heterocycles. The maximum atomic E-state index is 13.7. The molecule has 36 heavy (non-hydrogen) atoms. The van der Waals surface area contributed by atoms with Crippen LogP contribution in [0.25, 0.3) is 0 Å². The number of rotatable bonds is 7. The van der Waals surface area contributed by atoms with Gasteiger partial charge in [-0.1, -0.05) is 37.3 Å². The van der Waals surface area contributed by atoms with Crippen molar-refractivity contribution >= 4 is 29.6 Å². The molecule has 2 saturated heterocycles. The van der Waals surface area contributed by atoms with Crippen molar-refractivity contribution in [3.05, 3.63) is 35.9 Å². The fraction of sp³-hybridized carbons (Fsp3) is 0.560.